The highest BCUT2D eigenvalue weighted by atomic mass is 16.5. The van der Waals surface area contributed by atoms with Crippen LogP contribution in [0.1, 0.15) is 52.1 Å². The van der Waals surface area contributed by atoms with Crippen molar-refractivity contribution in [1.29, 1.82) is 0 Å². The Hall–Kier alpha value is -1.13. The van der Waals surface area contributed by atoms with Gasteiger partial charge in [-0.1, -0.05) is 27.7 Å². The van der Waals surface area contributed by atoms with E-state index in [1.807, 2.05) is 12.3 Å². The lowest BCUT2D eigenvalue weighted by Gasteiger charge is -2.25. The van der Waals surface area contributed by atoms with Crippen LogP contribution in [0.4, 0.5) is 0 Å². The fourth-order valence-electron chi connectivity index (χ4n) is 1.81. The smallest absolute Gasteiger partial charge is 0.137 e. The Morgan fingerprint density at radius 3 is 2.67 bits per heavy atom. The molecule has 0 saturated heterocycles. The van der Waals surface area contributed by atoms with Crippen LogP contribution in [0.25, 0.3) is 0 Å². The third kappa shape index (κ3) is 5.02. The van der Waals surface area contributed by atoms with Crippen LogP contribution in [0.2, 0.25) is 0 Å². The summed E-state index contributed by atoms with van der Waals surface area (Å²) in [5.74, 6) is 6.45. The van der Waals surface area contributed by atoms with Gasteiger partial charge in [0.05, 0.1) is 12.8 Å². The molecule has 0 aliphatic carbocycles. The van der Waals surface area contributed by atoms with E-state index in [9.17, 15) is 0 Å². The number of nitrogens with two attached hydrogens (primary N) is 1. The number of rotatable bonds is 6. The summed E-state index contributed by atoms with van der Waals surface area (Å²) in [4.78, 5) is 4.22. The van der Waals surface area contributed by atoms with E-state index in [1.165, 1.54) is 0 Å². The highest BCUT2D eigenvalue weighted by Gasteiger charge is 2.19. The molecule has 1 aromatic rings. The SMILES string of the molecule is CCCOc1cncc(C(CC(C)(C)C)NN)c1. The molecule has 0 radical (unpaired) electrons. The van der Waals surface area contributed by atoms with Gasteiger partial charge in [-0.2, -0.15) is 0 Å². The zero-order chi connectivity index (χ0) is 13.6. The van der Waals surface area contributed by atoms with Crippen LogP contribution in [0.5, 0.6) is 5.75 Å². The van der Waals surface area contributed by atoms with E-state index in [0.717, 1.165) is 24.2 Å². The lowest BCUT2D eigenvalue weighted by Crippen LogP contribution is -2.31. The third-order valence-electron chi connectivity index (χ3n) is 2.63. The maximum Gasteiger partial charge on any atom is 0.137 e. The number of hydrogen-bond acceptors (Lipinski definition) is 4. The highest BCUT2D eigenvalue weighted by molar-refractivity contribution is 5.26. The topological polar surface area (TPSA) is 60.2 Å². The summed E-state index contributed by atoms with van der Waals surface area (Å²) < 4.78 is 5.59. The molecule has 0 aliphatic rings. The molecule has 1 atom stereocenters. The van der Waals surface area contributed by atoms with Crippen molar-refractivity contribution in [2.24, 2.45) is 11.3 Å². The molecule has 0 spiro atoms. The number of pyridine rings is 1. The molecule has 102 valence electrons. The molecule has 0 aromatic carbocycles. The van der Waals surface area contributed by atoms with E-state index in [4.69, 9.17) is 10.6 Å². The van der Waals surface area contributed by atoms with Crippen molar-refractivity contribution in [2.45, 2.75) is 46.6 Å². The van der Waals surface area contributed by atoms with Crippen molar-refractivity contribution in [3.05, 3.63) is 24.0 Å². The Morgan fingerprint density at radius 1 is 1.39 bits per heavy atom. The van der Waals surface area contributed by atoms with Gasteiger partial charge in [0.1, 0.15) is 5.75 Å². The van der Waals surface area contributed by atoms with Crippen LogP contribution in [0, 0.1) is 5.41 Å². The Bertz CT molecular complexity index is 360. The molecule has 18 heavy (non-hydrogen) atoms. The predicted molar refractivity (Wildman–Crippen MR) is 74.2 cm³/mol. The monoisotopic (exact) mass is 251 g/mol. The van der Waals surface area contributed by atoms with E-state index in [2.05, 4.69) is 38.1 Å². The fourth-order valence-corrected chi connectivity index (χ4v) is 1.81. The number of hydrazine groups is 1. The first-order chi connectivity index (χ1) is 8.46. The predicted octanol–water partition coefficient (Wildman–Crippen LogP) is 2.81. The molecular weight excluding hydrogens is 226 g/mol. The average Bonchev–Trinajstić information content (AvgIpc) is 2.32. The minimum absolute atomic E-state index is 0.0997. The summed E-state index contributed by atoms with van der Waals surface area (Å²) in [6, 6.07) is 2.11. The Labute approximate surface area is 110 Å². The number of aromatic nitrogens is 1. The van der Waals surface area contributed by atoms with Gasteiger partial charge in [0.15, 0.2) is 0 Å². The molecule has 4 nitrogen and oxygen atoms in total. The molecule has 4 heteroatoms. The van der Waals surface area contributed by atoms with E-state index in [1.54, 1.807) is 6.20 Å². The van der Waals surface area contributed by atoms with Crippen LogP contribution < -0.4 is 16.0 Å². The van der Waals surface area contributed by atoms with E-state index < -0.39 is 0 Å². The lowest BCUT2D eigenvalue weighted by molar-refractivity contribution is 0.305. The zero-order valence-electron chi connectivity index (χ0n) is 11.9. The molecule has 1 rings (SSSR count). The van der Waals surface area contributed by atoms with Crippen molar-refractivity contribution in [3.8, 4) is 5.75 Å². The van der Waals surface area contributed by atoms with Gasteiger partial charge in [0, 0.05) is 12.2 Å². The van der Waals surface area contributed by atoms with Crippen molar-refractivity contribution in [3.63, 3.8) is 0 Å². The van der Waals surface area contributed by atoms with E-state index in [0.29, 0.717) is 6.61 Å². The zero-order valence-corrected chi connectivity index (χ0v) is 11.9. The summed E-state index contributed by atoms with van der Waals surface area (Å²) in [6.07, 6.45) is 5.52. The largest absolute Gasteiger partial charge is 0.492 e. The van der Waals surface area contributed by atoms with Crippen molar-refractivity contribution in [1.82, 2.24) is 10.4 Å². The van der Waals surface area contributed by atoms with E-state index >= 15 is 0 Å². The number of nitrogens with one attached hydrogen (secondary N) is 1. The minimum Gasteiger partial charge on any atom is -0.492 e. The van der Waals surface area contributed by atoms with Gasteiger partial charge >= 0.3 is 0 Å². The minimum atomic E-state index is 0.0997. The van der Waals surface area contributed by atoms with Gasteiger partial charge in [-0.05, 0) is 29.9 Å². The first kappa shape index (κ1) is 14.9. The molecule has 1 aromatic heterocycles. The number of hydrogen-bond donors (Lipinski definition) is 2. The molecule has 1 heterocycles. The standard InChI is InChI=1S/C14H25N3O/c1-5-6-18-12-7-11(9-16-10-12)13(17-15)8-14(2,3)4/h7,9-10,13,17H,5-6,8,15H2,1-4H3. The molecular formula is C14H25N3O. The Morgan fingerprint density at radius 2 is 2.11 bits per heavy atom. The molecule has 0 aliphatic heterocycles. The van der Waals surface area contributed by atoms with Crippen LogP contribution >= 0.6 is 0 Å². The number of nitrogens with zero attached hydrogens (tertiary/aromatic N) is 1. The molecule has 0 fully saturated rings. The second kappa shape index (κ2) is 6.71. The Balaban J connectivity index is 2.79. The van der Waals surface area contributed by atoms with Crippen LogP contribution in [0.3, 0.4) is 0 Å². The fraction of sp³-hybridized carbons (Fsp3) is 0.643. The second-order valence-corrected chi connectivity index (χ2v) is 5.79. The summed E-state index contributed by atoms with van der Waals surface area (Å²) >= 11 is 0. The van der Waals surface area contributed by atoms with Crippen LogP contribution in [-0.4, -0.2) is 11.6 Å². The average molecular weight is 251 g/mol. The third-order valence-corrected chi connectivity index (χ3v) is 2.63. The van der Waals surface area contributed by atoms with Crippen molar-refractivity contribution in [2.75, 3.05) is 6.61 Å². The van der Waals surface area contributed by atoms with Gasteiger partial charge in [0.2, 0.25) is 0 Å². The van der Waals surface area contributed by atoms with Gasteiger partial charge in [-0.15, -0.1) is 0 Å². The normalized spacial score (nSPS) is 13.4. The molecule has 3 N–H and O–H groups in total. The number of ether oxygens (including phenoxy) is 1. The summed E-state index contributed by atoms with van der Waals surface area (Å²) in [5.41, 5.74) is 4.14. The van der Waals surface area contributed by atoms with Gasteiger partial charge < -0.3 is 4.74 Å². The van der Waals surface area contributed by atoms with Crippen molar-refractivity contribution < 1.29 is 4.74 Å². The van der Waals surface area contributed by atoms with Gasteiger partial charge in [0.25, 0.3) is 0 Å². The molecule has 0 saturated carbocycles. The lowest BCUT2D eigenvalue weighted by atomic mass is 9.86. The molecule has 0 amide bonds. The summed E-state index contributed by atoms with van der Waals surface area (Å²) in [7, 11) is 0. The van der Waals surface area contributed by atoms with Gasteiger partial charge in [-0.3, -0.25) is 16.3 Å². The Kier molecular flexibility index (Phi) is 5.56. The quantitative estimate of drug-likeness (QED) is 0.603. The maximum atomic E-state index is 5.64. The van der Waals surface area contributed by atoms with Crippen LogP contribution in [0.15, 0.2) is 18.5 Å². The first-order valence-corrected chi connectivity index (χ1v) is 6.50. The van der Waals surface area contributed by atoms with E-state index in [-0.39, 0.29) is 11.5 Å². The maximum absolute atomic E-state index is 5.64. The van der Waals surface area contributed by atoms with Gasteiger partial charge in [-0.25, -0.2) is 0 Å². The molecule has 0 bridgehead atoms. The highest BCUT2D eigenvalue weighted by Crippen LogP contribution is 2.29. The summed E-state index contributed by atoms with van der Waals surface area (Å²) in [6.45, 7) is 9.39. The molecule has 1 unspecified atom stereocenters. The summed E-state index contributed by atoms with van der Waals surface area (Å²) in [5, 5.41) is 0. The second-order valence-electron chi connectivity index (χ2n) is 5.79. The van der Waals surface area contributed by atoms with Crippen LogP contribution in [-0.2, 0) is 0 Å². The first-order valence-electron chi connectivity index (χ1n) is 6.50. The van der Waals surface area contributed by atoms with Crippen molar-refractivity contribution >= 4 is 0 Å².